The first kappa shape index (κ1) is 14.9. The molecule has 0 aromatic heterocycles. The van der Waals surface area contributed by atoms with Crippen molar-refractivity contribution in [3.63, 3.8) is 0 Å². The van der Waals surface area contributed by atoms with E-state index in [1.165, 1.54) is 7.11 Å². The van der Waals surface area contributed by atoms with Crippen LogP contribution in [0, 0.1) is 13.8 Å². The summed E-state index contributed by atoms with van der Waals surface area (Å²) in [5.41, 5.74) is 4.02. The van der Waals surface area contributed by atoms with E-state index in [0.29, 0.717) is 17.8 Å². The number of phenolic OH excluding ortho intramolecular Hbond substituents is 1. The van der Waals surface area contributed by atoms with Gasteiger partial charge in [0.05, 0.1) is 12.7 Å². The van der Waals surface area contributed by atoms with Gasteiger partial charge in [-0.1, -0.05) is 29.3 Å². The maximum atomic E-state index is 11.8. The number of rotatable bonds is 4. The molecule has 4 nitrogen and oxygen atoms in total. The minimum atomic E-state index is -0.380. The summed E-state index contributed by atoms with van der Waals surface area (Å²) in [4.78, 5) is 11.8. The molecule has 0 amide bonds. The standard InChI is InChI=1S/C17H19NO3/c1-11-5-7-16(19)13(8-11)10-18-15-6-4-12(2)9-14(15)17(20)21-3/h4-9,18-19H,10H2,1-3H3. The lowest BCUT2D eigenvalue weighted by Gasteiger charge is -2.13. The fraction of sp³-hybridized carbons (Fsp3) is 0.235. The van der Waals surface area contributed by atoms with Crippen molar-refractivity contribution >= 4 is 11.7 Å². The fourth-order valence-corrected chi connectivity index (χ4v) is 2.14. The number of methoxy groups -OCH3 is 1. The summed E-state index contributed by atoms with van der Waals surface area (Å²) in [5, 5.41) is 13.0. The normalized spacial score (nSPS) is 10.2. The highest BCUT2D eigenvalue weighted by atomic mass is 16.5. The summed E-state index contributed by atoms with van der Waals surface area (Å²) in [5.74, 6) is -0.144. The van der Waals surface area contributed by atoms with Crippen LogP contribution in [0.3, 0.4) is 0 Å². The maximum absolute atomic E-state index is 11.8. The third kappa shape index (κ3) is 3.54. The Morgan fingerprint density at radius 2 is 1.81 bits per heavy atom. The van der Waals surface area contributed by atoms with E-state index in [9.17, 15) is 9.90 Å². The lowest BCUT2D eigenvalue weighted by Crippen LogP contribution is -2.08. The number of aryl methyl sites for hydroxylation is 2. The molecule has 2 N–H and O–H groups in total. The number of esters is 1. The van der Waals surface area contributed by atoms with E-state index < -0.39 is 0 Å². The van der Waals surface area contributed by atoms with Crippen LogP contribution in [-0.4, -0.2) is 18.2 Å². The van der Waals surface area contributed by atoms with E-state index >= 15 is 0 Å². The topological polar surface area (TPSA) is 58.6 Å². The summed E-state index contributed by atoms with van der Waals surface area (Å²) in [7, 11) is 1.36. The second-order valence-electron chi connectivity index (χ2n) is 5.03. The molecule has 0 aliphatic rings. The molecule has 2 aromatic carbocycles. The van der Waals surface area contributed by atoms with Gasteiger partial charge >= 0.3 is 5.97 Å². The van der Waals surface area contributed by atoms with Gasteiger partial charge in [-0.25, -0.2) is 4.79 Å². The molecule has 0 unspecified atom stereocenters. The minimum Gasteiger partial charge on any atom is -0.508 e. The van der Waals surface area contributed by atoms with Crippen LogP contribution in [0.15, 0.2) is 36.4 Å². The zero-order valence-electron chi connectivity index (χ0n) is 12.4. The molecule has 0 aliphatic carbocycles. The Labute approximate surface area is 124 Å². The lowest BCUT2D eigenvalue weighted by molar-refractivity contribution is 0.0601. The van der Waals surface area contributed by atoms with E-state index in [-0.39, 0.29) is 11.7 Å². The summed E-state index contributed by atoms with van der Waals surface area (Å²) >= 11 is 0. The second kappa shape index (κ2) is 6.31. The fourth-order valence-electron chi connectivity index (χ4n) is 2.14. The van der Waals surface area contributed by atoms with E-state index in [0.717, 1.165) is 16.7 Å². The van der Waals surface area contributed by atoms with Crippen LogP contribution in [0.4, 0.5) is 5.69 Å². The highest BCUT2D eigenvalue weighted by Gasteiger charge is 2.12. The molecule has 0 spiro atoms. The van der Waals surface area contributed by atoms with Crippen molar-refractivity contribution in [2.45, 2.75) is 20.4 Å². The Bertz CT molecular complexity index is 665. The van der Waals surface area contributed by atoms with E-state index in [2.05, 4.69) is 5.32 Å². The predicted octanol–water partition coefficient (Wildman–Crippen LogP) is 3.41. The zero-order chi connectivity index (χ0) is 15.4. The summed E-state index contributed by atoms with van der Waals surface area (Å²) in [6.07, 6.45) is 0. The van der Waals surface area contributed by atoms with E-state index in [4.69, 9.17) is 4.74 Å². The van der Waals surface area contributed by atoms with Crippen molar-refractivity contribution in [2.24, 2.45) is 0 Å². The molecule has 2 aromatic rings. The molecule has 0 saturated heterocycles. The molecule has 0 radical (unpaired) electrons. The van der Waals surface area contributed by atoms with Crippen LogP contribution in [0.1, 0.15) is 27.0 Å². The van der Waals surface area contributed by atoms with Gasteiger partial charge < -0.3 is 15.2 Å². The smallest absolute Gasteiger partial charge is 0.339 e. The van der Waals surface area contributed by atoms with Crippen LogP contribution >= 0.6 is 0 Å². The minimum absolute atomic E-state index is 0.236. The van der Waals surface area contributed by atoms with Gasteiger partial charge in [0, 0.05) is 17.8 Å². The van der Waals surface area contributed by atoms with E-state index in [1.807, 2.05) is 38.1 Å². The van der Waals surface area contributed by atoms with Crippen molar-refractivity contribution in [2.75, 3.05) is 12.4 Å². The maximum Gasteiger partial charge on any atom is 0.339 e. The van der Waals surface area contributed by atoms with Crippen LogP contribution in [0.2, 0.25) is 0 Å². The highest BCUT2D eigenvalue weighted by Crippen LogP contribution is 2.22. The Hall–Kier alpha value is -2.49. The van der Waals surface area contributed by atoms with Gasteiger partial charge in [-0.15, -0.1) is 0 Å². The van der Waals surface area contributed by atoms with Crippen molar-refractivity contribution in [1.82, 2.24) is 0 Å². The number of ether oxygens (including phenoxy) is 1. The van der Waals surface area contributed by atoms with Crippen molar-refractivity contribution in [3.05, 3.63) is 58.7 Å². The number of carbonyl (C=O) groups excluding carboxylic acids is 1. The van der Waals surface area contributed by atoms with E-state index in [1.54, 1.807) is 12.1 Å². The first-order valence-corrected chi connectivity index (χ1v) is 6.72. The Morgan fingerprint density at radius 3 is 2.52 bits per heavy atom. The number of hydrogen-bond acceptors (Lipinski definition) is 4. The number of carbonyl (C=O) groups is 1. The third-order valence-electron chi connectivity index (χ3n) is 3.28. The highest BCUT2D eigenvalue weighted by molar-refractivity contribution is 5.95. The van der Waals surface area contributed by atoms with Gasteiger partial charge in [0.15, 0.2) is 0 Å². The first-order chi connectivity index (χ1) is 10.0. The summed E-state index contributed by atoms with van der Waals surface area (Å²) in [6, 6.07) is 11.0. The lowest BCUT2D eigenvalue weighted by atomic mass is 10.1. The molecular formula is C17H19NO3. The molecule has 0 saturated carbocycles. The number of hydrogen-bond donors (Lipinski definition) is 2. The van der Waals surface area contributed by atoms with Crippen LogP contribution < -0.4 is 5.32 Å². The number of benzene rings is 2. The number of aromatic hydroxyl groups is 1. The van der Waals surface area contributed by atoms with Crippen molar-refractivity contribution in [3.8, 4) is 5.75 Å². The zero-order valence-corrected chi connectivity index (χ0v) is 12.4. The molecule has 110 valence electrons. The van der Waals surface area contributed by atoms with Crippen molar-refractivity contribution in [1.29, 1.82) is 0 Å². The van der Waals surface area contributed by atoms with Crippen molar-refractivity contribution < 1.29 is 14.6 Å². The number of anilines is 1. The Balaban J connectivity index is 2.24. The molecule has 0 aliphatic heterocycles. The molecule has 0 atom stereocenters. The van der Waals surface area contributed by atoms with Gasteiger partial charge in [0.1, 0.15) is 5.75 Å². The summed E-state index contributed by atoms with van der Waals surface area (Å²) < 4.78 is 4.80. The third-order valence-corrected chi connectivity index (χ3v) is 3.28. The van der Waals surface area contributed by atoms with Crippen LogP contribution in [0.25, 0.3) is 0 Å². The number of nitrogens with one attached hydrogen (secondary N) is 1. The molecule has 0 heterocycles. The SMILES string of the molecule is COC(=O)c1cc(C)ccc1NCc1cc(C)ccc1O. The molecule has 0 fully saturated rings. The largest absolute Gasteiger partial charge is 0.508 e. The molecule has 2 rings (SSSR count). The predicted molar refractivity (Wildman–Crippen MR) is 82.7 cm³/mol. The van der Waals surface area contributed by atoms with Gasteiger partial charge in [-0.05, 0) is 32.0 Å². The Kier molecular flexibility index (Phi) is 4.48. The Morgan fingerprint density at radius 1 is 1.14 bits per heavy atom. The van der Waals surface area contributed by atoms with Gasteiger partial charge in [-0.2, -0.15) is 0 Å². The molecule has 4 heteroatoms. The second-order valence-corrected chi connectivity index (χ2v) is 5.03. The van der Waals surface area contributed by atoms with Gasteiger partial charge in [0.25, 0.3) is 0 Å². The van der Waals surface area contributed by atoms with Crippen LogP contribution in [-0.2, 0) is 11.3 Å². The average molecular weight is 285 g/mol. The number of phenols is 1. The average Bonchev–Trinajstić information content (AvgIpc) is 2.48. The van der Waals surface area contributed by atoms with Crippen LogP contribution in [0.5, 0.6) is 5.75 Å². The first-order valence-electron chi connectivity index (χ1n) is 6.72. The molecule has 21 heavy (non-hydrogen) atoms. The molecular weight excluding hydrogens is 266 g/mol. The quantitative estimate of drug-likeness (QED) is 0.845. The van der Waals surface area contributed by atoms with Gasteiger partial charge in [0.2, 0.25) is 0 Å². The monoisotopic (exact) mass is 285 g/mol. The molecule has 0 bridgehead atoms. The van der Waals surface area contributed by atoms with Gasteiger partial charge in [-0.3, -0.25) is 0 Å². The summed E-state index contributed by atoms with van der Waals surface area (Å²) in [6.45, 7) is 4.32.